The molecule has 0 N–H and O–H groups in total. The number of hydrogen-bond donors (Lipinski definition) is 0. The lowest BCUT2D eigenvalue weighted by Crippen LogP contribution is -2.04. The average molecular weight is 419 g/mol. The van der Waals surface area contributed by atoms with Crippen molar-refractivity contribution in [2.24, 2.45) is 0 Å². The summed E-state index contributed by atoms with van der Waals surface area (Å²) in [6, 6.07) is 41.6. The van der Waals surface area contributed by atoms with Gasteiger partial charge in [0.25, 0.3) is 5.95 Å². The molecule has 4 rings (SSSR count). The monoisotopic (exact) mass is 418 g/mol. The summed E-state index contributed by atoms with van der Waals surface area (Å²) in [5.41, 5.74) is 7.42. The van der Waals surface area contributed by atoms with Gasteiger partial charge < -0.3 is 9.47 Å². The van der Waals surface area contributed by atoms with Crippen LogP contribution in [0.25, 0.3) is 16.7 Å². The topological polar surface area (TPSA) is 18.5 Å². The van der Waals surface area contributed by atoms with Crippen molar-refractivity contribution in [2.45, 2.75) is 0 Å². The molecular formula is C30H26O2. The minimum absolute atomic E-state index is 0.472. The molecule has 0 saturated carbocycles. The Labute approximate surface area is 190 Å². The summed E-state index contributed by atoms with van der Waals surface area (Å²) in [7, 11) is 3.30. The molecule has 158 valence electrons. The molecule has 0 atom stereocenters. The number of rotatable bonds is 7. The summed E-state index contributed by atoms with van der Waals surface area (Å²) < 4.78 is 11.5. The number of benzene rings is 4. The van der Waals surface area contributed by atoms with E-state index in [2.05, 4.69) is 84.9 Å². The van der Waals surface area contributed by atoms with Gasteiger partial charge >= 0.3 is 0 Å². The molecule has 2 nitrogen and oxygen atoms in total. The number of hydrogen-bond acceptors (Lipinski definition) is 2. The summed E-state index contributed by atoms with van der Waals surface area (Å²) in [5.74, 6) is 0.472. The second kappa shape index (κ2) is 10.3. The molecular weight excluding hydrogens is 392 g/mol. The molecule has 0 spiro atoms. The van der Waals surface area contributed by atoms with Crippen LogP contribution in [-0.4, -0.2) is 14.2 Å². The Morgan fingerprint density at radius 2 is 0.719 bits per heavy atom. The van der Waals surface area contributed by atoms with Crippen LogP contribution in [0.1, 0.15) is 22.3 Å². The van der Waals surface area contributed by atoms with Crippen LogP contribution in [-0.2, 0) is 9.47 Å². The van der Waals surface area contributed by atoms with Gasteiger partial charge in [0.1, 0.15) is 0 Å². The van der Waals surface area contributed by atoms with Gasteiger partial charge in [0.05, 0.1) is 19.8 Å². The van der Waals surface area contributed by atoms with E-state index in [0.717, 1.165) is 39.0 Å². The predicted molar refractivity (Wildman–Crippen MR) is 133 cm³/mol. The van der Waals surface area contributed by atoms with E-state index in [4.69, 9.17) is 9.47 Å². The highest BCUT2D eigenvalue weighted by Crippen LogP contribution is 2.42. The van der Waals surface area contributed by atoms with E-state index < -0.39 is 0 Å². The fraction of sp³-hybridized carbons (Fsp3) is 0.0667. The first-order chi connectivity index (χ1) is 15.8. The molecule has 4 aromatic carbocycles. The van der Waals surface area contributed by atoms with Crippen molar-refractivity contribution in [3.63, 3.8) is 0 Å². The zero-order chi connectivity index (χ0) is 22.2. The van der Waals surface area contributed by atoms with Crippen molar-refractivity contribution < 1.29 is 9.47 Å². The van der Waals surface area contributed by atoms with E-state index in [9.17, 15) is 0 Å². The molecule has 0 unspecified atom stereocenters. The van der Waals surface area contributed by atoms with E-state index in [-0.39, 0.29) is 0 Å². The van der Waals surface area contributed by atoms with E-state index >= 15 is 0 Å². The highest BCUT2D eigenvalue weighted by Gasteiger charge is 2.23. The minimum atomic E-state index is 0.472. The van der Waals surface area contributed by atoms with Gasteiger partial charge in [-0.2, -0.15) is 0 Å². The van der Waals surface area contributed by atoms with E-state index in [1.807, 2.05) is 36.4 Å². The molecule has 2 heteroatoms. The Kier molecular flexibility index (Phi) is 6.84. The van der Waals surface area contributed by atoms with Crippen LogP contribution in [0.4, 0.5) is 0 Å². The smallest absolute Gasteiger partial charge is 0.287 e. The number of ether oxygens (including phenoxy) is 2. The Hall–Kier alpha value is -4.04. The largest absolute Gasteiger partial charge is 0.468 e. The van der Waals surface area contributed by atoms with Crippen LogP contribution in [0.15, 0.2) is 127 Å². The van der Waals surface area contributed by atoms with Gasteiger partial charge in [0.15, 0.2) is 0 Å². The van der Waals surface area contributed by atoms with Gasteiger partial charge in [-0.15, -0.1) is 0 Å². The maximum atomic E-state index is 5.76. The van der Waals surface area contributed by atoms with Crippen molar-refractivity contribution in [1.82, 2.24) is 0 Å². The highest BCUT2D eigenvalue weighted by molar-refractivity contribution is 6.18. The molecule has 32 heavy (non-hydrogen) atoms. The molecule has 0 saturated heterocycles. The molecule has 0 aliphatic rings. The van der Waals surface area contributed by atoms with Gasteiger partial charge in [-0.25, -0.2) is 0 Å². The van der Waals surface area contributed by atoms with Crippen molar-refractivity contribution >= 4 is 16.7 Å². The van der Waals surface area contributed by atoms with Gasteiger partial charge in [-0.1, -0.05) is 121 Å². The molecule has 0 bridgehead atoms. The minimum Gasteiger partial charge on any atom is -0.468 e. The van der Waals surface area contributed by atoms with Gasteiger partial charge in [-0.3, -0.25) is 0 Å². The zero-order valence-corrected chi connectivity index (χ0v) is 18.4. The first-order valence-electron chi connectivity index (χ1n) is 10.6. The second-order valence-corrected chi connectivity index (χ2v) is 7.28. The van der Waals surface area contributed by atoms with Gasteiger partial charge in [0.2, 0.25) is 0 Å². The highest BCUT2D eigenvalue weighted by atomic mass is 16.7. The maximum Gasteiger partial charge on any atom is 0.287 e. The summed E-state index contributed by atoms with van der Waals surface area (Å²) >= 11 is 0. The standard InChI is InChI=1S/C30H26O2/c1-31-30(32-2)29(26-21-13-6-14-22-26)28(25-19-11-5-12-20-25)27(23-15-7-3-8-16-23)24-17-9-4-10-18-24/h3-22H,1-2H3. The van der Waals surface area contributed by atoms with Crippen LogP contribution in [0, 0.1) is 0 Å². The molecule has 0 radical (unpaired) electrons. The van der Waals surface area contributed by atoms with Crippen molar-refractivity contribution in [3.05, 3.63) is 150 Å². The third-order valence-corrected chi connectivity index (χ3v) is 5.32. The van der Waals surface area contributed by atoms with Gasteiger partial charge in [0, 0.05) is 5.57 Å². The van der Waals surface area contributed by atoms with Crippen LogP contribution >= 0.6 is 0 Å². The third kappa shape index (κ3) is 4.50. The first kappa shape index (κ1) is 21.2. The summed E-state index contributed by atoms with van der Waals surface area (Å²) in [4.78, 5) is 0. The zero-order valence-electron chi connectivity index (χ0n) is 18.4. The third-order valence-electron chi connectivity index (χ3n) is 5.32. The summed E-state index contributed by atoms with van der Waals surface area (Å²) in [6.45, 7) is 0. The molecule has 0 aromatic heterocycles. The lowest BCUT2D eigenvalue weighted by Gasteiger charge is -2.22. The second-order valence-electron chi connectivity index (χ2n) is 7.28. The summed E-state index contributed by atoms with van der Waals surface area (Å²) in [5, 5.41) is 0. The fourth-order valence-electron chi connectivity index (χ4n) is 3.94. The molecule has 0 heterocycles. The fourth-order valence-corrected chi connectivity index (χ4v) is 3.94. The summed E-state index contributed by atoms with van der Waals surface area (Å²) in [6.07, 6.45) is 0. The number of allylic oxidation sites excluding steroid dienone is 2. The van der Waals surface area contributed by atoms with E-state index in [1.165, 1.54) is 0 Å². The van der Waals surface area contributed by atoms with Crippen LogP contribution in [0.3, 0.4) is 0 Å². The van der Waals surface area contributed by atoms with Crippen LogP contribution < -0.4 is 0 Å². The maximum absolute atomic E-state index is 5.76. The van der Waals surface area contributed by atoms with Crippen molar-refractivity contribution in [1.29, 1.82) is 0 Å². The number of methoxy groups -OCH3 is 2. The lowest BCUT2D eigenvalue weighted by atomic mass is 9.83. The normalized spacial score (nSPS) is 10.2. The Bertz CT molecular complexity index is 1150. The Morgan fingerprint density at radius 3 is 1.06 bits per heavy atom. The quantitative estimate of drug-likeness (QED) is 0.178. The van der Waals surface area contributed by atoms with Crippen LogP contribution in [0.5, 0.6) is 0 Å². The first-order valence-corrected chi connectivity index (χ1v) is 10.6. The predicted octanol–water partition coefficient (Wildman–Crippen LogP) is 7.31. The van der Waals surface area contributed by atoms with E-state index in [1.54, 1.807) is 14.2 Å². The lowest BCUT2D eigenvalue weighted by molar-refractivity contribution is 0.0986. The Morgan fingerprint density at radius 1 is 0.406 bits per heavy atom. The molecule has 0 fully saturated rings. The van der Waals surface area contributed by atoms with Gasteiger partial charge in [-0.05, 0) is 27.8 Å². The van der Waals surface area contributed by atoms with Crippen molar-refractivity contribution in [2.75, 3.05) is 14.2 Å². The van der Waals surface area contributed by atoms with Crippen molar-refractivity contribution in [3.8, 4) is 0 Å². The molecule has 4 aromatic rings. The molecule has 0 aliphatic carbocycles. The molecule has 0 aliphatic heterocycles. The van der Waals surface area contributed by atoms with E-state index in [0.29, 0.717) is 5.95 Å². The SMILES string of the molecule is COC(OC)=C(C(=C(c1ccccc1)c1ccccc1)c1ccccc1)c1ccccc1. The average Bonchev–Trinajstić information content (AvgIpc) is 2.88. The Balaban J connectivity index is 2.18. The molecule has 0 amide bonds. The van der Waals surface area contributed by atoms with Crippen LogP contribution in [0.2, 0.25) is 0 Å².